The van der Waals surface area contributed by atoms with Crippen molar-refractivity contribution >= 4 is 16.7 Å². The molecule has 0 aliphatic carbocycles. The van der Waals surface area contributed by atoms with E-state index in [1.165, 1.54) is 0 Å². The summed E-state index contributed by atoms with van der Waals surface area (Å²) in [5.74, 6) is 1.13. The van der Waals surface area contributed by atoms with E-state index in [0.29, 0.717) is 35.2 Å². The first kappa shape index (κ1) is 24.9. The number of hydrogen-bond donors (Lipinski definition) is 1. The number of benzene rings is 4. The fourth-order valence-electron chi connectivity index (χ4n) is 4.60. The number of fused-ring (bicyclic) bond motifs is 2. The maximum absolute atomic E-state index is 13.1. The molecule has 38 heavy (non-hydrogen) atoms. The third-order valence-corrected chi connectivity index (χ3v) is 6.57. The number of rotatable bonds is 7. The van der Waals surface area contributed by atoms with Crippen LogP contribution in [0.25, 0.3) is 10.8 Å². The van der Waals surface area contributed by atoms with Crippen molar-refractivity contribution in [1.82, 2.24) is 0 Å². The van der Waals surface area contributed by atoms with Crippen molar-refractivity contribution in [3.05, 3.63) is 113 Å². The lowest BCUT2D eigenvalue weighted by atomic mass is 9.83. The summed E-state index contributed by atoms with van der Waals surface area (Å²) in [6.45, 7) is 4.91. The van der Waals surface area contributed by atoms with Crippen molar-refractivity contribution in [3.63, 3.8) is 0 Å². The van der Waals surface area contributed by atoms with Crippen LogP contribution in [0.3, 0.4) is 0 Å². The molecule has 0 spiro atoms. The Balaban J connectivity index is 1.44. The molecular weight excluding hydrogens is 476 g/mol. The number of nitrogens with two attached hydrogens (primary N) is 1. The van der Waals surface area contributed by atoms with Gasteiger partial charge < -0.3 is 19.9 Å². The maximum atomic E-state index is 13.1. The summed E-state index contributed by atoms with van der Waals surface area (Å²) in [6.07, 6.45) is 0.945. The molecule has 4 aromatic rings. The van der Waals surface area contributed by atoms with E-state index in [1.54, 1.807) is 18.2 Å². The van der Waals surface area contributed by atoms with E-state index in [4.69, 9.17) is 19.9 Å². The van der Waals surface area contributed by atoms with Gasteiger partial charge >= 0.3 is 5.97 Å². The summed E-state index contributed by atoms with van der Waals surface area (Å²) in [5, 5.41) is 11.7. The molecule has 190 valence electrons. The average Bonchev–Trinajstić information content (AvgIpc) is 2.91. The molecular formula is C32H28N2O4. The van der Waals surface area contributed by atoms with E-state index >= 15 is 0 Å². The van der Waals surface area contributed by atoms with Crippen molar-refractivity contribution in [2.45, 2.75) is 26.2 Å². The molecule has 0 saturated carbocycles. The minimum absolute atomic E-state index is 0.0219. The number of nitriles is 1. The Morgan fingerprint density at radius 1 is 1.00 bits per heavy atom. The molecule has 2 N–H and O–H groups in total. The topological polar surface area (TPSA) is 94.6 Å². The number of hydrogen-bond acceptors (Lipinski definition) is 6. The molecule has 1 unspecified atom stereocenters. The van der Waals surface area contributed by atoms with Gasteiger partial charge in [-0.25, -0.2) is 4.79 Å². The summed E-state index contributed by atoms with van der Waals surface area (Å²) in [5.41, 5.74) is 8.58. The van der Waals surface area contributed by atoms with Crippen LogP contribution in [0.2, 0.25) is 0 Å². The van der Waals surface area contributed by atoms with Crippen LogP contribution in [0, 0.1) is 17.2 Å². The summed E-state index contributed by atoms with van der Waals surface area (Å²) in [6, 6.07) is 28.2. The van der Waals surface area contributed by atoms with Crippen LogP contribution in [-0.2, 0) is 0 Å². The fraction of sp³-hybridized carbons (Fsp3) is 0.188. The molecule has 0 radical (unpaired) electrons. The zero-order chi connectivity index (χ0) is 26.6. The van der Waals surface area contributed by atoms with Crippen LogP contribution in [0.1, 0.15) is 47.7 Å². The normalized spacial score (nSPS) is 14.5. The van der Waals surface area contributed by atoms with Gasteiger partial charge in [-0.3, -0.25) is 0 Å². The zero-order valence-electron chi connectivity index (χ0n) is 21.3. The lowest BCUT2D eigenvalue weighted by Crippen LogP contribution is -2.21. The molecule has 6 heteroatoms. The summed E-state index contributed by atoms with van der Waals surface area (Å²) in [4.78, 5) is 13.1. The highest BCUT2D eigenvalue weighted by Crippen LogP contribution is 2.44. The van der Waals surface area contributed by atoms with Gasteiger partial charge in [-0.2, -0.15) is 5.26 Å². The second-order valence-corrected chi connectivity index (χ2v) is 9.64. The lowest BCUT2D eigenvalue weighted by Gasteiger charge is -2.27. The number of carbonyl (C=O) groups excluding carboxylic acids is 1. The smallest absolute Gasteiger partial charge is 0.344 e. The highest BCUT2D eigenvalue weighted by atomic mass is 16.5. The van der Waals surface area contributed by atoms with Crippen molar-refractivity contribution in [2.24, 2.45) is 11.7 Å². The molecule has 0 fully saturated rings. The number of esters is 1. The van der Waals surface area contributed by atoms with Gasteiger partial charge in [0.1, 0.15) is 28.9 Å². The van der Waals surface area contributed by atoms with Gasteiger partial charge in [-0.15, -0.1) is 0 Å². The van der Waals surface area contributed by atoms with Gasteiger partial charge in [0, 0.05) is 11.6 Å². The largest absolute Gasteiger partial charge is 0.494 e. The Hall–Kier alpha value is -4.76. The Kier molecular flexibility index (Phi) is 7.01. The van der Waals surface area contributed by atoms with E-state index in [9.17, 15) is 10.1 Å². The summed E-state index contributed by atoms with van der Waals surface area (Å²) >= 11 is 0. The first-order chi connectivity index (χ1) is 18.4. The van der Waals surface area contributed by atoms with Gasteiger partial charge in [0.15, 0.2) is 0 Å². The second kappa shape index (κ2) is 10.7. The van der Waals surface area contributed by atoms with E-state index < -0.39 is 11.9 Å². The van der Waals surface area contributed by atoms with E-state index in [2.05, 4.69) is 19.9 Å². The first-order valence-electron chi connectivity index (χ1n) is 12.6. The summed E-state index contributed by atoms with van der Waals surface area (Å²) in [7, 11) is 0. The highest BCUT2D eigenvalue weighted by molar-refractivity contribution is 6.05. The molecule has 1 heterocycles. The second-order valence-electron chi connectivity index (χ2n) is 9.64. The minimum atomic E-state index is -0.471. The predicted octanol–water partition coefficient (Wildman–Crippen LogP) is 6.70. The van der Waals surface area contributed by atoms with Crippen LogP contribution in [-0.4, -0.2) is 12.6 Å². The SMILES string of the molecule is CC(C)CCOc1cccc(C2C(C#N)=C(N)Oc3cc(OC(=O)c4cccc5ccccc45)ccc32)c1. The van der Waals surface area contributed by atoms with Crippen molar-refractivity contribution in [1.29, 1.82) is 5.26 Å². The molecule has 1 aliphatic heterocycles. The van der Waals surface area contributed by atoms with Crippen LogP contribution in [0.4, 0.5) is 0 Å². The number of nitrogens with zero attached hydrogens (tertiary/aromatic N) is 1. The number of allylic oxidation sites excluding steroid dienone is 1. The molecule has 4 aromatic carbocycles. The quantitative estimate of drug-likeness (QED) is 0.222. The molecule has 5 rings (SSSR count). The Morgan fingerprint density at radius 2 is 1.79 bits per heavy atom. The van der Waals surface area contributed by atoms with Crippen LogP contribution in [0.15, 0.2) is 96.4 Å². The van der Waals surface area contributed by atoms with Gasteiger partial charge in [0.25, 0.3) is 0 Å². The first-order valence-corrected chi connectivity index (χ1v) is 12.6. The average molecular weight is 505 g/mol. The molecule has 0 bridgehead atoms. The standard InChI is InChI=1S/C32H28N2O4/c1-20(2)15-16-36-23-10-5-9-22(17-23)30-27-14-13-24(18-29(27)38-31(34)28(30)19-33)37-32(35)26-12-6-8-21-7-3-4-11-25(21)26/h3-14,17-18,20,30H,15-16,34H2,1-2H3. The minimum Gasteiger partial charge on any atom is -0.494 e. The molecule has 0 saturated heterocycles. The molecule has 0 amide bonds. The third kappa shape index (κ3) is 5.05. The van der Waals surface area contributed by atoms with Gasteiger partial charge in [0.05, 0.1) is 18.1 Å². The number of ether oxygens (including phenoxy) is 3. The molecule has 6 nitrogen and oxygen atoms in total. The number of carbonyl (C=O) groups is 1. The Morgan fingerprint density at radius 3 is 2.61 bits per heavy atom. The third-order valence-electron chi connectivity index (χ3n) is 6.57. The van der Waals surface area contributed by atoms with Crippen molar-refractivity contribution in [2.75, 3.05) is 6.61 Å². The van der Waals surface area contributed by atoms with E-state index in [0.717, 1.165) is 34.1 Å². The lowest BCUT2D eigenvalue weighted by molar-refractivity contribution is 0.0736. The predicted molar refractivity (Wildman–Crippen MR) is 146 cm³/mol. The van der Waals surface area contributed by atoms with E-state index in [-0.39, 0.29) is 5.88 Å². The molecule has 1 aliphatic rings. The summed E-state index contributed by atoms with van der Waals surface area (Å²) < 4.78 is 17.5. The van der Waals surface area contributed by atoms with Gasteiger partial charge in [0.2, 0.25) is 5.88 Å². The van der Waals surface area contributed by atoms with Gasteiger partial charge in [-0.05, 0) is 52.9 Å². The molecule has 0 aromatic heterocycles. The van der Waals surface area contributed by atoms with Crippen LogP contribution < -0.4 is 19.9 Å². The Bertz CT molecular complexity index is 1580. The monoisotopic (exact) mass is 504 g/mol. The van der Waals surface area contributed by atoms with Crippen LogP contribution >= 0.6 is 0 Å². The molecule has 1 atom stereocenters. The van der Waals surface area contributed by atoms with E-state index in [1.807, 2.05) is 66.7 Å². The maximum Gasteiger partial charge on any atom is 0.344 e. The van der Waals surface area contributed by atoms with Crippen molar-refractivity contribution in [3.8, 4) is 23.3 Å². The van der Waals surface area contributed by atoms with Crippen molar-refractivity contribution < 1.29 is 19.0 Å². The Labute approximate surface area is 221 Å². The van der Waals surface area contributed by atoms with Crippen LogP contribution in [0.5, 0.6) is 17.2 Å². The fourth-order valence-corrected chi connectivity index (χ4v) is 4.60. The highest BCUT2D eigenvalue weighted by Gasteiger charge is 2.31. The zero-order valence-corrected chi connectivity index (χ0v) is 21.3. The van der Waals surface area contributed by atoms with Gasteiger partial charge in [-0.1, -0.05) is 68.4 Å².